The first-order valence-electron chi connectivity index (χ1n) is 7.30. The molecule has 0 unspecified atom stereocenters. The third-order valence-corrected chi connectivity index (χ3v) is 3.57. The van der Waals surface area contributed by atoms with Gasteiger partial charge in [0.15, 0.2) is 5.65 Å². The molecule has 0 bridgehead atoms. The minimum absolute atomic E-state index is 0.426. The van der Waals surface area contributed by atoms with E-state index in [4.69, 9.17) is 4.74 Å². The molecule has 5 heteroatoms. The molecule has 116 valence electrons. The SMILES string of the molecule is CC(C)(C)OC(=O)n1ccc2ccc(C#C[Si](C)(C)C)nc21. The molecule has 0 aliphatic rings. The summed E-state index contributed by atoms with van der Waals surface area (Å²) in [4.78, 5) is 16.7. The summed E-state index contributed by atoms with van der Waals surface area (Å²) >= 11 is 0. The fourth-order valence-electron chi connectivity index (χ4n) is 1.79. The van der Waals surface area contributed by atoms with Gasteiger partial charge in [0.2, 0.25) is 0 Å². The quantitative estimate of drug-likeness (QED) is 0.544. The highest BCUT2D eigenvalue weighted by molar-refractivity contribution is 6.83. The summed E-state index contributed by atoms with van der Waals surface area (Å²) < 4.78 is 6.83. The molecule has 0 radical (unpaired) electrons. The maximum atomic E-state index is 12.2. The Morgan fingerprint density at radius 3 is 2.50 bits per heavy atom. The normalized spacial score (nSPS) is 11.9. The topological polar surface area (TPSA) is 44.1 Å². The van der Waals surface area contributed by atoms with E-state index in [2.05, 4.69) is 36.1 Å². The highest BCUT2D eigenvalue weighted by Gasteiger charge is 2.19. The molecule has 0 saturated carbocycles. The van der Waals surface area contributed by atoms with Gasteiger partial charge in [0, 0.05) is 11.6 Å². The molecular formula is C17H22N2O2Si. The molecule has 0 amide bonds. The number of carbonyl (C=O) groups is 1. The molecule has 0 spiro atoms. The minimum atomic E-state index is -1.46. The van der Waals surface area contributed by atoms with Gasteiger partial charge < -0.3 is 4.74 Å². The average Bonchev–Trinajstić information content (AvgIpc) is 2.76. The molecule has 0 aliphatic carbocycles. The van der Waals surface area contributed by atoms with Gasteiger partial charge in [0.25, 0.3) is 0 Å². The summed E-state index contributed by atoms with van der Waals surface area (Å²) in [5.74, 6) is 3.12. The van der Waals surface area contributed by atoms with Crippen LogP contribution in [-0.2, 0) is 4.74 Å². The van der Waals surface area contributed by atoms with Gasteiger partial charge in [-0.1, -0.05) is 25.6 Å². The van der Waals surface area contributed by atoms with Crippen molar-refractivity contribution in [1.29, 1.82) is 0 Å². The smallest absolute Gasteiger partial charge is 0.420 e. The van der Waals surface area contributed by atoms with Crippen molar-refractivity contribution in [3.8, 4) is 11.5 Å². The van der Waals surface area contributed by atoms with Crippen molar-refractivity contribution in [2.24, 2.45) is 0 Å². The van der Waals surface area contributed by atoms with Crippen molar-refractivity contribution in [3.05, 3.63) is 30.1 Å². The molecule has 2 rings (SSSR count). The third-order valence-electron chi connectivity index (χ3n) is 2.69. The van der Waals surface area contributed by atoms with E-state index >= 15 is 0 Å². The summed E-state index contributed by atoms with van der Waals surface area (Å²) in [6.45, 7) is 12.1. The maximum Gasteiger partial charge on any atom is 0.420 e. The second-order valence-corrected chi connectivity index (χ2v) is 12.0. The average molecular weight is 314 g/mol. The van der Waals surface area contributed by atoms with E-state index in [1.54, 1.807) is 6.20 Å². The lowest BCUT2D eigenvalue weighted by Crippen LogP contribution is -2.26. The van der Waals surface area contributed by atoms with E-state index in [0.717, 1.165) is 5.39 Å². The molecule has 0 aromatic carbocycles. The first kappa shape index (κ1) is 16.3. The second kappa shape index (κ2) is 5.62. The summed E-state index contributed by atoms with van der Waals surface area (Å²) in [5.41, 5.74) is 4.00. The van der Waals surface area contributed by atoms with E-state index in [9.17, 15) is 4.79 Å². The number of rotatable bonds is 0. The Labute approximate surface area is 132 Å². The molecule has 2 aromatic rings. The van der Waals surface area contributed by atoms with Crippen LogP contribution in [0.3, 0.4) is 0 Å². The Kier molecular flexibility index (Phi) is 4.16. The maximum absolute atomic E-state index is 12.2. The number of carbonyl (C=O) groups excluding carboxylic acids is 1. The van der Waals surface area contributed by atoms with Crippen LogP contribution in [-0.4, -0.2) is 29.3 Å². The van der Waals surface area contributed by atoms with Gasteiger partial charge in [-0.05, 0) is 39.0 Å². The van der Waals surface area contributed by atoms with Gasteiger partial charge in [-0.15, -0.1) is 5.54 Å². The van der Waals surface area contributed by atoms with Gasteiger partial charge in [-0.25, -0.2) is 14.3 Å². The molecule has 0 N–H and O–H groups in total. The second-order valence-electron chi connectivity index (χ2n) is 7.28. The third kappa shape index (κ3) is 4.22. The van der Waals surface area contributed by atoms with Crippen molar-refractivity contribution in [2.45, 2.75) is 46.0 Å². The van der Waals surface area contributed by atoms with Crippen molar-refractivity contribution < 1.29 is 9.53 Å². The van der Waals surface area contributed by atoms with Crippen LogP contribution >= 0.6 is 0 Å². The van der Waals surface area contributed by atoms with Gasteiger partial charge in [0.1, 0.15) is 19.4 Å². The molecule has 2 heterocycles. The fourth-order valence-corrected chi connectivity index (χ4v) is 2.29. The number of ether oxygens (including phenoxy) is 1. The Balaban J connectivity index is 2.41. The number of nitrogens with zero attached hydrogens (tertiary/aromatic N) is 2. The van der Waals surface area contributed by atoms with Crippen LogP contribution in [0, 0.1) is 11.5 Å². The van der Waals surface area contributed by atoms with Crippen LogP contribution < -0.4 is 0 Å². The molecular weight excluding hydrogens is 292 g/mol. The Bertz CT molecular complexity index is 768. The highest BCUT2D eigenvalue weighted by Crippen LogP contribution is 2.17. The zero-order chi connectivity index (χ0) is 16.5. The van der Waals surface area contributed by atoms with E-state index < -0.39 is 19.8 Å². The predicted octanol–water partition coefficient (Wildman–Crippen LogP) is 4.05. The first-order chi connectivity index (χ1) is 10.1. The Morgan fingerprint density at radius 2 is 1.91 bits per heavy atom. The van der Waals surface area contributed by atoms with Crippen LogP contribution in [0.4, 0.5) is 4.79 Å². The Morgan fingerprint density at radius 1 is 1.23 bits per heavy atom. The van der Waals surface area contributed by atoms with E-state index in [0.29, 0.717) is 11.3 Å². The van der Waals surface area contributed by atoms with Crippen LogP contribution in [0.25, 0.3) is 11.0 Å². The molecule has 0 atom stereocenters. The zero-order valence-electron chi connectivity index (χ0n) is 14.0. The van der Waals surface area contributed by atoms with E-state index in [1.165, 1.54) is 4.57 Å². The predicted molar refractivity (Wildman–Crippen MR) is 91.6 cm³/mol. The van der Waals surface area contributed by atoms with E-state index in [1.807, 2.05) is 39.0 Å². The lowest BCUT2D eigenvalue weighted by Gasteiger charge is -2.19. The van der Waals surface area contributed by atoms with Crippen molar-refractivity contribution in [1.82, 2.24) is 9.55 Å². The molecule has 22 heavy (non-hydrogen) atoms. The minimum Gasteiger partial charge on any atom is -0.443 e. The van der Waals surface area contributed by atoms with Crippen molar-refractivity contribution in [2.75, 3.05) is 0 Å². The summed E-state index contributed by atoms with van der Waals surface area (Å²) in [6.07, 6.45) is 1.26. The molecule has 0 fully saturated rings. The van der Waals surface area contributed by atoms with Crippen molar-refractivity contribution >= 4 is 25.2 Å². The molecule has 0 aliphatic heterocycles. The fraction of sp³-hybridized carbons (Fsp3) is 0.412. The number of fused-ring (bicyclic) bond motifs is 1. The molecule has 2 aromatic heterocycles. The van der Waals surface area contributed by atoms with Crippen LogP contribution in [0.1, 0.15) is 26.5 Å². The van der Waals surface area contributed by atoms with Crippen molar-refractivity contribution in [3.63, 3.8) is 0 Å². The lowest BCUT2D eigenvalue weighted by atomic mass is 10.2. The van der Waals surface area contributed by atoms with Gasteiger partial charge in [0.05, 0.1) is 0 Å². The zero-order valence-corrected chi connectivity index (χ0v) is 15.0. The highest BCUT2D eigenvalue weighted by atomic mass is 28.3. The molecule has 4 nitrogen and oxygen atoms in total. The molecule has 0 saturated heterocycles. The largest absolute Gasteiger partial charge is 0.443 e. The number of hydrogen-bond acceptors (Lipinski definition) is 3. The van der Waals surface area contributed by atoms with E-state index in [-0.39, 0.29) is 0 Å². The van der Waals surface area contributed by atoms with Crippen LogP contribution in [0.5, 0.6) is 0 Å². The van der Waals surface area contributed by atoms with Crippen LogP contribution in [0.15, 0.2) is 24.4 Å². The standard InChI is InChI=1S/C17H22N2O2Si/c1-17(2,3)21-16(20)19-11-9-13-7-8-14(18-15(13)19)10-12-22(4,5)6/h7-9,11H,1-6H3. The first-order valence-corrected chi connectivity index (χ1v) is 10.8. The number of pyridine rings is 1. The summed E-state index contributed by atoms with van der Waals surface area (Å²) in [7, 11) is -1.46. The van der Waals surface area contributed by atoms with Gasteiger partial charge in [-0.2, -0.15) is 0 Å². The summed E-state index contributed by atoms with van der Waals surface area (Å²) in [6, 6.07) is 5.66. The number of hydrogen-bond donors (Lipinski definition) is 0. The van der Waals surface area contributed by atoms with Gasteiger partial charge in [-0.3, -0.25) is 0 Å². The lowest BCUT2D eigenvalue weighted by molar-refractivity contribution is 0.0543. The monoisotopic (exact) mass is 314 g/mol. The summed E-state index contributed by atoms with van der Waals surface area (Å²) in [5, 5.41) is 0.893. The number of aromatic nitrogens is 2. The van der Waals surface area contributed by atoms with Gasteiger partial charge >= 0.3 is 6.09 Å². The Hall–Kier alpha value is -2.06. The van der Waals surface area contributed by atoms with Crippen LogP contribution in [0.2, 0.25) is 19.6 Å².